The highest BCUT2D eigenvalue weighted by atomic mass is 16.5. The third-order valence-corrected chi connectivity index (χ3v) is 5.25. The molecule has 32 heavy (non-hydrogen) atoms. The highest BCUT2D eigenvalue weighted by Gasteiger charge is 2.17. The van der Waals surface area contributed by atoms with E-state index in [1.807, 2.05) is 24.3 Å². The fourth-order valence-corrected chi connectivity index (χ4v) is 3.53. The highest BCUT2D eigenvalue weighted by Crippen LogP contribution is 2.25. The van der Waals surface area contributed by atoms with Gasteiger partial charge in [0, 0.05) is 36.6 Å². The molecule has 0 bridgehead atoms. The Morgan fingerprint density at radius 3 is 2.44 bits per heavy atom. The number of nitrogens with zero attached hydrogens (tertiary/aromatic N) is 3. The summed E-state index contributed by atoms with van der Waals surface area (Å²) in [5, 5.41) is 14.5. The van der Waals surface area contributed by atoms with Gasteiger partial charge in [0.2, 0.25) is 6.41 Å². The van der Waals surface area contributed by atoms with Gasteiger partial charge < -0.3 is 21.1 Å². The van der Waals surface area contributed by atoms with Gasteiger partial charge in [0.05, 0.1) is 24.5 Å². The summed E-state index contributed by atoms with van der Waals surface area (Å²) in [5.41, 5.74) is 10.1. The molecule has 164 valence electrons. The van der Waals surface area contributed by atoms with Gasteiger partial charge in [0.25, 0.3) is 0 Å². The smallest absolute Gasteiger partial charge is 0.211 e. The number of carbonyl (C=O) groups is 1. The Bertz CT molecular complexity index is 1080. The van der Waals surface area contributed by atoms with Crippen LogP contribution in [-0.2, 0) is 16.1 Å². The molecular formula is C23H25N7O2. The van der Waals surface area contributed by atoms with Crippen LogP contribution in [0.25, 0.3) is 0 Å². The summed E-state index contributed by atoms with van der Waals surface area (Å²) < 4.78 is 5.40. The minimum Gasteiger partial charge on any atom is -0.383 e. The quantitative estimate of drug-likeness (QED) is 0.319. The Kier molecular flexibility index (Phi) is 6.69. The number of anilines is 4. The minimum atomic E-state index is 0.226. The van der Waals surface area contributed by atoms with Crippen LogP contribution in [0.1, 0.15) is 16.7 Å². The number of hydrogen-bond donors (Lipinski definition) is 4. The van der Waals surface area contributed by atoms with Crippen molar-refractivity contribution in [2.24, 2.45) is 0 Å². The number of carbonyl (C=O) groups excluding carboxylic acids is 1. The van der Waals surface area contributed by atoms with E-state index < -0.39 is 0 Å². The van der Waals surface area contributed by atoms with Gasteiger partial charge >= 0.3 is 0 Å². The van der Waals surface area contributed by atoms with Gasteiger partial charge in [-0.3, -0.25) is 15.1 Å². The second kappa shape index (κ2) is 9.99. The van der Waals surface area contributed by atoms with Crippen LogP contribution in [0.15, 0.2) is 54.9 Å². The van der Waals surface area contributed by atoms with Crippen LogP contribution in [0, 0.1) is 5.41 Å². The van der Waals surface area contributed by atoms with Gasteiger partial charge in [-0.2, -0.15) is 0 Å². The van der Waals surface area contributed by atoms with Crippen molar-refractivity contribution in [3.63, 3.8) is 0 Å². The summed E-state index contributed by atoms with van der Waals surface area (Å²) in [4.78, 5) is 21.3. The Balaban J connectivity index is 1.52. The monoisotopic (exact) mass is 431 g/mol. The van der Waals surface area contributed by atoms with Crippen molar-refractivity contribution >= 4 is 35.1 Å². The Morgan fingerprint density at radius 1 is 1.06 bits per heavy atom. The van der Waals surface area contributed by atoms with Crippen molar-refractivity contribution in [2.45, 2.75) is 6.54 Å². The number of ether oxygens (including phenoxy) is 1. The first kappa shape index (κ1) is 21.4. The van der Waals surface area contributed by atoms with Crippen molar-refractivity contribution < 1.29 is 9.53 Å². The zero-order valence-electron chi connectivity index (χ0n) is 17.5. The van der Waals surface area contributed by atoms with E-state index in [1.54, 1.807) is 24.3 Å². The van der Waals surface area contributed by atoms with E-state index in [0.29, 0.717) is 23.5 Å². The van der Waals surface area contributed by atoms with Crippen molar-refractivity contribution in [3.05, 3.63) is 71.5 Å². The summed E-state index contributed by atoms with van der Waals surface area (Å²) >= 11 is 0. The van der Waals surface area contributed by atoms with E-state index in [9.17, 15) is 4.79 Å². The van der Waals surface area contributed by atoms with Gasteiger partial charge in [-0.1, -0.05) is 24.3 Å². The highest BCUT2D eigenvalue weighted by molar-refractivity contribution is 6.16. The second-order valence-corrected chi connectivity index (χ2v) is 7.41. The van der Waals surface area contributed by atoms with Crippen LogP contribution < -0.4 is 16.4 Å². The topological polar surface area (TPSA) is 129 Å². The van der Waals surface area contributed by atoms with E-state index in [4.69, 9.17) is 15.9 Å². The molecule has 0 unspecified atom stereocenters. The van der Waals surface area contributed by atoms with Crippen LogP contribution in [0.3, 0.4) is 0 Å². The van der Waals surface area contributed by atoms with Crippen LogP contribution in [-0.4, -0.2) is 53.3 Å². The number of hydrogen-bond acceptors (Lipinski definition) is 8. The molecule has 3 aromatic rings. The Labute approximate surface area is 186 Å². The molecule has 4 rings (SSSR count). The molecule has 1 aliphatic rings. The molecule has 5 N–H and O–H groups in total. The lowest BCUT2D eigenvalue weighted by atomic mass is 10.0. The van der Waals surface area contributed by atoms with Gasteiger partial charge in [-0.05, 0) is 29.8 Å². The molecule has 9 nitrogen and oxygen atoms in total. The molecular weight excluding hydrogens is 406 g/mol. The second-order valence-electron chi connectivity index (χ2n) is 7.41. The van der Waals surface area contributed by atoms with Crippen LogP contribution in [0.5, 0.6) is 0 Å². The third-order valence-electron chi connectivity index (χ3n) is 5.25. The summed E-state index contributed by atoms with van der Waals surface area (Å²) in [5.74, 6) is 0.667. The lowest BCUT2D eigenvalue weighted by molar-refractivity contribution is -0.105. The fourth-order valence-electron chi connectivity index (χ4n) is 3.53. The van der Waals surface area contributed by atoms with E-state index in [-0.39, 0.29) is 11.5 Å². The summed E-state index contributed by atoms with van der Waals surface area (Å²) in [7, 11) is 0. The number of morpholine rings is 1. The molecule has 1 saturated heterocycles. The maximum absolute atomic E-state index is 10.6. The molecule has 1 aliphatic heterocycles. The Morgan fingerprint density at radius 2 is 1.75 bits per heavy atom. The molecule has 2 aromatic carbocycles. The van der Waals surface area contributed by atoms with Crippen molar-refractivity contribution in [1.29, 1.82) is 5.41 Å². The predicted octanol–water partition coefficient (Wildman–Crippen LogP) is 2.62. The zero-order chi connectivity index (χ0) is 22.3. The number of nitrogens with two attached hydrogens (primary N) is 1. The number of amides is 1. The average Bonchev–Trinajstić information content (AvgIpc) is 2.81. The number of rotatable bonds is 8. The molecule has 0 spiro atoms. The third kappa shape index (κ3) is 5.08. The van der Waals surface area contributed by atoms with Gasteiger partial charge in [-0.25, -0.2) is 9.97 Å². The maximum Gasteiger partial charge on any atom is 0.211 e. The van der Waals surface area contributed by atoms with E-state index in [0.717, 1.165) is 44.1 Å². The van der Waals surface area contributed by atoms with Crippen molar-refractivity contribution in [1.82, 2.24) is 14.9 Å². The fraction of sp³-hybridized carbons (Fsp3) is 0.217. The normalized spacial score (nSPS) is 14.0. The number of aromatic nitrogens is 2. The van der Waals surface area contributed by atoms with E-state index in [2.05, 4.69) is 25.5 Å². The molecule has 1 aromatic heterocycles. The summed E-state index contributed by atoms with van der Waals surface area (Å²) in [6.07, 6.45) is 1.99. The van der Waals surface area contributed by atoms with Crippen LogP contribution in [0.4, 0.5) is 23.0 Å². The molecule has 0 saturated carbocycles. The van der Waals surface area contributed by atoms with Crippen LogP contribution in [0.2, 0.25) is 0 Å². The van der Waals surface area contributed by atoms with Crippen LogP contribution >= 0.6 is 0 Å². The largest absolute Gasteiger partial charge is 0.383 e. The molecule has 1 amide bonds. The van der Waals surface area contributed by atoms with E-state index >= 15 is 0 Å². The average molecular weight is 432 g/mol. The van der Waals surface area contributed by atoms with Crippen molar-refractivity contribution in [3.8, 4) is 0 Å². The molecule has 1 fully saturated rings. The number of benzene rings is 2. The molecule has 0 aliphatic carbocycles. The molecule has 9 heteroatoms. The Hall–Kier alpha value is -3.82. The first-order chi connectivity index (χ1) is 15.6. The SMILES string of the molecule is N=C(c1ccc(CN2CCOCC2)cc1)c1c(N)ncnc1Nc1ccc(NC=O)cc1. The minimum absolute atomic E-state index is 0.226. The number of nitrogens with one attached hydrogen (secondary N) is 3. The van der Waals surface area contributed by atoms with E-state index in [1.165, 1.54) is 11.9 Å². The molecule has 0 radical (unpaired) electrons. The number of nitrogen functional groups attached to an aromatic ring is 1. The molecule has 2 heterocycles. The predicted molar refractivity (Wildman–Crippen MR) is 124 cm³/mol. The zero-order valence-corrected chi connectivity index (χ0v) is 17.5. The van der Waals surface area contributed by atoms with Crippen molar-refractivity contribution in [2.75, 3.05) is 42.7 Å². The van der Waals surface area contributed by atoms with Gasteiger partial charge in [0.1, 0.15) is 18.0 Å². The maximum atomic E-state index is 10.6. The summed E-state index contributed by atoms with van der Waals surface area (Å²) in [6.45, 7) is 4.24. The summed E-state index contributed by atoms with van der Waals surface area (Å²) in [6, 6.07) is 15.0. The first-order valence-corrected chi connectivity index (χ1v) is 10.3. The standard InChI is InChI=1S/C23H25N7O2/c24-21(17-3-1-16(2-4-17)13-30-9-11-32-12-10-30)20-22(25)26-14-27-23(20)29-19-7-5-18(6-8-19)28-15-31/h1-8,14-15,24H,9-13H2,(H,28,31)(H3,25,26,27,29). The van der Waals surface area contributed by atoms with Gasteiger partial charge in [-0.15, -0.1) is 0 Å². The first-order valence-electron chi connectivity index (χ1n) is 10.3. The lowest BCUT2D eigenvalue weighted by Crippen LogP contribution is -2.35. The molecule has 0 atom stereocenters. The van der Waals surface area contributed by atoms with Gasteiger partial charge in [0.15, 0.2) is 0 Å². The lowest BCUT2D eigenvalue weighted by Gasteiger charge is -2.26.